The number of hydrogen-bond acceptors (Lipinski definition) is 4. The normalized spacial score (nSPS) is 10.4. The first-order valence-corrected chi connectivity index (χ1v) is 6.22. The van der Waals surface area contributed by atoms with Crippen molar-refractivity contribution in [1.82, 2.24) is 0 Å². The van der Waals surface area contributed by atoms with Crippen molar-refractivity contribution in [2.24, 2.45) is 5.73 Å². The SMILES string of the molecule is CCS(=O)(=O)c1ccc(CN)cc1.CO. The Balaban J connectivity index is 0.000000921. The molecule has 0 aliphatic rings. The Kier molecular flexibility index (Phi) is 6.15. The molecule has 1 aromatic carbocycles. The van der Waals surface area contributed by atoms with Gasteiger partial charge in [-0.25, -0.2) is 8.42 Å². The van der Waals surface area contributed by atoms with Gasteiger partial charge in [-0.05, 0) is 17.7 Å². The van der Waals surface area contributed by atoms with Crippen molar-refractivity contribution in [3.8, 4) is 0 Å². The summed E-state index contributed by atoms with van der Waals surface area (Å²) in [7, 11) is -2.06. The zero-order valence-corrected chi connectivity index (χ0v) is 9.79. The molecule has 86 valence electrons. The Labute approximate surface area is 90.7 Å². The molecule has 0 atom stereocenters. The Morgan fingerprint density at radius 2 is 1.67 bits per heavy atom. The van der Waals surface area contributed by atoms with Gasteiger partial charge >= 0.3 is 0 Å². The minimum atomic E-state index is -3.06. The third-order valence-corrected chi connectivity index (χ3v) is 3.65. The summed E-state index contributed by atoms with van der Waals surface area (Å²) in [5.74, 6) is 0.134. The maximum atomic E-state index is 11.4. The van der Waals surface area contributed by atoms with E-state index in [-0.39, 0.29) is 5.75 Å². The highest BCUT2D eigenvalue weighted by atomic mass is 32.2. The van der Waals surface area contributed by atoms with E-state index in [4.69, 9.17) is 10.8 Å². The molecule has 0 radical (unpaired) electrons. The Hall–Kier alpha value is -0.910. The van der Waals surface area contributed by atoms with E-state index in [1.807, 2.05) is 0 Å². The summed E-state index contributed by atoms with van der Waals surface area (Å²) in [6, 6.07) is 6.67. The highest BCUT2D eigenvalue weighted by Crippen LogP contribution is 2.11. The zero-order valence-electron chi connectivity index (χ0n) is 8.97. The van der Waals surface area contributed by atoms with Gasteiger partial charge < -0.3 is 10.8 Å². The summed E-state index contributed by atoms with van der Waals surface area (Å²) in [6.07, 6.45) is 0. The van der Waals surface area contributed by atoms with Gasteiger partial charge in [-0.2, -0.15) is 0 Å². The number of hydrogen-bond donors (Lipinski definition) is 2. The number of rotatable bonds is 3. The second kappa shape index (κ2) is 6.55. The first-order valence-electron chi connectivity index (χ1n) is 4.56. The third-order valence-electron chi connectivity index (χ3n) is 1.90. The van der Waals surface area contributed by atoms with E-state index in [1.54, 1.807) is 31.2 Å². The van der Waals surface area contributed by atoms with Crippen molar-refractivity contribution in [3.63, 3.8) is 0 Å². The average Bonchev–Trinajstić information content (AvgIpc) is 2.32. The van der Waals surface area contributed by atoms with Crippen LogP contribution in [0.5, 0.6) is 0 Å². The maximum absolute atomic E-state index is 11.4. The van der Waals surface area contributed by atoms with Crippen LogP contribution in [0.2, 0.25) is 0 Å². The van der Waals surface area contributed by atoms with Crippen molar-refractivity contribution in [2.75, 3.05) is 12.9 Å². The predicted octanol–water partition coefficient (Wildman–Crippen LogP) is 0.547. The second-order valence-electron chi connectivity index (χ2n) is 2.75. The lowest BCUT2D eigenvalue weighted by Crippen LogP contribution is -2.04. The van der Waals surface area contributed by atoms with Gasteiger partial charge in [0.1, 0.15) is 0 Å². The van der Waals surface area contributed by atoms with Crippen LogP contribution in [0.4, 0.5) is 0 Å². The summed E-state index contributed by atoms with van der Waals surface area (Å²) in [4.78, 5) is 0.368. The summed E-state index contributed by atoms with van der Waals surface area (Å²) < 4.78 is 22.7. The smallest absolute Gasteiger partial charge is 0.178 e. The molecule has 0 saturated heterocycles. The molecule has 0 saturated carbocycles. The molecule has 0 aliphatic heterocycles. The second-order valence-corrected chi connectivity index (χ2v) is 5.03. The lowest BCUT2D eigenvalue weighted by molar-refractivity contribution is 0.399. The number of benzene rings is 1. The van der Waals surface area contributed by atoms with Crippen LogP contribution in [0.1, 0.15) is 12.5 Å². The maximum Gasteiger partial charge on any atom is 0.178 e. The fourth-order valence-corrected chi connectivity index (χ4v) is 1.88. The Bertz CT molecular complexity index is 370. The van der Waals surface area contributed by atoms with Crippen molar-refractivity contribution in [1.29, 1.82) is 0 Å². The first kappa shape index (κ1) is 14.1. The van der Waals surface area contributed by atoms with Gasteiger partial charge in [0.05, 0.1) is 10.6 Å². The number of aliphatic hydroxyl groups is 1. The fraction of sp³-hybridized carbons (Fsp3) is 0.400. The van der Waals surface area contributed by atoms with Gasteiger partial charge in [-0.15, -0.1) is 0 Å². The number of aliphatic hydroxyl groups excluding tert-OH is 1. The quantitative estimate of drug-likeness (QED) is 0.796. The van der Waals surface area contributed by atoms with Gasteiger partial charge in [0.25, 0.3) is 0 Å². The standard InChI is InChI=1S/C9H13NO2S.CH4O/c1-2-13(11,12)9-5-3-8(7-10)4-6-9;1-2/h3-6H,2,7,10H2,1H3;2H,1H3. The van der Waals surface area contributed by atoms with E-state index in [0.717, 1.165) is 12.7 Å². The molecule has 0 unspecified atom stereocenters. The molecule has 0 fully saturated rings. The van der Waals surface area contributed by atoms with Gasteiger partial charge in [0.15, 0.2) is 9.84 Å². The van der Waals surface area contributed by atoms with Crippen LogP contribution in [0, 0.1) is 0 Å². The molecular formula is C10H17NO3S. The first-order chi connectivity index (χ1) is 7.10. The van der Waals surface area contributed by atoms with Gasteiger partial charge in [-0.1, -0.05) is 19.1 Å². The highest BCUT2D eigenvalue weighted by molar-refractivity contribution is 7.91. The van der Waals surface area contributed by atoms with Crippen LogP contribution < -0.4 is 5.73 Å². The van der Waals surface area contributed by atoms with Crippen LogP contribution in [0.3, 0.4) is 0 Å². The van der Waals surface area contributed by atoms with E-state index in [9.17, 15) is 8.42 Å². The molecule has 1 aromatic rings. The molecule has 0 aliphatic carbocycles. The van der Waals surface area contributed by atoms with Crippen LogP contribution in [-0.4, -0.2) is 26.4 Å². The number of nitrogens with two attached hydrogens (primary N) is 1. The lowest BCUT2D eigenvalue weighted by Gasteiger charge is -2.01. The molecule has 15 heavy (non-hydrogen) atoms. The summed E-state index contributed by atoms with van der Waals surface area (Å²) in [5.41, 5.74) is 6.33. The van der Waals surface area contributed by atoms with E-state index in [0.29, 0.717) is 11.4 Å². The van der Waals surface area contributed by atoms with Crippen molar-refractivity contribution in [3.05, 3.63) is 29.8 Å². The average molecular weight is 231 g/mol. The van der Waals surface area contributed by atoms with Crippen molar-refractivity contribution >= 4 is 9.84 Å². The van der Waals surface area contributed by atoms with Gasteiger partial charge in [0.2, 0.25) is 0 Å². The molecular weight excluding hydrogens is 214 g/mol. The molecule has 4 nitrogen and oxygen atoms in total. The summed E-state index contributed by atoms with van der Waals surface area (Å²) in [5, 5.41) is 7.00. The minimum Gasteiger partial charge on any atom is -0.400 e. The fourth-order valence-electron chi connectivity index (χ4n) is 1.000. The van der Waals surface area contributed by atoms with E-state index in [1.165, 1.54) is 0 Å². The highest BCUT2D eigenvalue weighted by Gasteiger charge is 2.09. The molecule has 1 rings (SSSR count). The monoisotopic (exact) mass is 231 g/mol. The Morgan fingerprint density at radius 1 is 1.20 bits per heavy atom. The van der Waals surface area contributed by atoms with E-state index >= 15 is 0 Å². The number of sulfone groups is 1. The Morgan fingerprint density at radius 3 is 2.00 bits per heavy atom. The predicted molar refractivity (Wildman–Crippen MR) is 60.2 cm³/mol. The molecule has 0 aromatic heterocycles. The molecule has 0 amide bonds. The summed E-state index contributed by atoms with van der Waals surface area (Å²) in [6.45, 7) is 2.07. The van der Waals surface area contributed by atoms with Crippen molar-refractivity contribution in [2.45, 2.75) is 18.4 Å². The molecule has 0 heterocycles. The topological polar surface area (TPSA) is 80.4 Å². The van der Waals surface area contributed by atoms with E-state index < -0.39 is 9.84 Å². The van der Waals surface area contributed by atoms with Gasteiger partial charge in [-0.3, -0.25) is 0 Å². The van der Waals surface area contributed by atoms with Crippen LogP contribution >= 0.6 is 0 Å². The third kappa shape index (κ3) is 3.99. The van der Waals surface area contributed by atoms with Crippen LogP contribution in [0.15, 0.2) is 29.2 Å². The van der Waals surface area contributed by atoms with E-state index in [2.05, 4.69) is 0 Å². The minimum absolute atomic E-state index is 0.134. The zero-order chi connectivity index (χ0) is 11.9. The van der Waals surface area contributed by atoms with Crippen LogP contribution in [0.25, 0.3) is 0 Å². The van der Waals surface area contributed by atoms with Crippen LogP contribution in [-0.2, 0) is 16.4 Å². The van der Waals surface area contributed by atoms with Gasteiger partial charge in [0, 0.05) is 13.7 Å². The lowest BCUT2D eigenvalue weighted by atomic mass is 10.2. The molecule has 3 N–H and O–H groups in total. The largest absolute Gasteiger partial charge is 0.400 e. The summed E-state index contributed by atoms with van der Waals surface area (Å²) >= 11 is 0. The molecule has 5 heteroatoms. The van der Waals surface area contributed by atoms with Crippen molar-refractivity contribution < 1.29 is 13.5 Å². The molecule has 0 spiro atoms. The molecule has 0 bridgehead atoms.